The number of β-amino-alcohol motifs (C(OH)–C–C–N with tert-alkyl or cyclic N) is 1. The predicted molar refractivity (Wildman–Crippen MR) is 71.1 cm³/mol. The number of carbonyl (C=O) groups excluding carboxylic acids is 1. The average Bonchev–Trinajstić information content (AvgIpc) is 3.07. The maximum absolute atomic E-state index is 12.2. The quantitative estimate of drug-likeness (QED) is 0.911. The van der Waals surface area contributed by atoms with Crippen molar-refractivity contribution in [2.45, 2.75) is 19.4 Å². The summed E-state index contributed by atoms with van der Waals surface area (Å²) >= 11 is 1.54. The van der Waals surface area contributed by atoms with E-state index in [2.05, 4.69) is 4.98 Å². The first kappa shape index (κ1) is 12.4. The topological polar surface area (TPSA) is 66.6 Å². The SMILES string of the molecule is Cc1nc(-c2cc(C(=O)N3CC[C@@H](O)C3)co2)cs1. The van der Waals surface area contributed by atoms with E-state index in [1.807, 2.05) is 12.3 Å². The Bertz CT molecular complexity index is 605. The predicted octanol–water partition coefficient (Wildman–Crippen LogP) is 1.92. The summed E-state index contributed by atoms with van der Waals surface area (Å²) in [6.45, 7) is 2.92. The van der Waals surface area contributed by atoms with Crippen LogP contribution in [0.1, 0.15) is 21.8 Å². The molecule has 0 saturated carbocycles. The Labute approximate surface area is 114 Å². The van der Waals surface area contributed by atoms with Gasteiger partial charge in [-0.15, -0.1) is 11.3 Å². The van der Waals surface area contributed by atoms with Gasteiger partial charge in [-0.2, -0.15) is 0 Å². The molecule has 0 unspecified atom stereocenters. The van der Waals surface area contributed by atoms with E-state index in [0.717, 1.165) is 10.7 Å². The molecule has 0 aliphatic carbocycles. The molecular weight excluding hydrogens is 264 g/mol. The molecule has 3 rings (SSSR count). The van der Waals surface area contributed by atoms with Gasteiger partial charge in [0.25, 0.3) is 5.91 Å². The van der Waals surface area contributed by atoms with Gasteiger partial charge in [0.05, 0.1) is 16.7 Å². The molecule has 1 N–H and O–H groups in total. The van der Waals surface area contributed by atoms with Crippen molar-refractivity contribution < 1.29 is 14.3 Å². The van der Waals surface area contributed by atoms with Crippen LogP contribution in [0.15, 0.2) is 22.1 Å². The van der Waals surface area contributed by atoms with Gasteiger partial charge in [0.2, 0.25) is 0 Å². The fourth-order valence-electron chi connectivity index (χ4n) is 2.17. The number of aryl methyl sites for hydroxylation is 1. The van der Waals surface area contributed by atoms with E-state index in [0.29, 0.717) is 30.8 Å². The average molecular weight is 278 g/mol. The second kappa shape index (κ2) is 4.79. The van der Waals surface area contributed by atoms with Gasteiger partial charge in [-0.1, -0.05) is 0 Å². The van der Waals surface area contributed by atoms with Gasteiger partial charge < -0.3 is 14.4 Å². The number of aliphatic hydroxyl groups is 1. The number of hydrogen-bond acceptors (Lipinski definition) is 5. The first-order chi connectivity index (χ1) is 9.13. The van der Waals surface area contributed by atoms with E-state index in [1.54, 1.807) is 22.3 Å². The third-order valence-corrected chi connectivity index (χ3v) is 3.94. The molecule has 3 heterocycles. The van der Waals surface area contributed by atoms with Gasteiger partial charge in [0.1, 0.15) is 12.0 Å². The maximum atomic E-state index is 12.2. The van der Waals surface area contributed by atoms with Crippen molar-refractivity contribution in [1.29, 1.82) is 0 Å². The van der Waals surface area contributed by atoms with Crippen LogP contribution >= 0.6 is 11.3 Å². The molecule has 100 valence electrons. The molecule has 6 heteroatoms. The number of hydrogen-bond donors (Lipinski definition) is 1. The molecule has 1 aliphatic heterocycles. The molecular formula is C13H14N2O3S. The first-order valence-corrected chi connectivity index (χ1v) is 7.00. The number of amides is 1. The van der Waals surface area contributed by atoms with Crippen molar-refractivity contribution in [3.8, 4) is 11.5 Å². The second-order valence-corrected chi connectivity index (χ2v) is 5.71. The van der Waals surface area contributed by atoms with Crippen LogP contribution < -0.4 is 0 Å². The molecule has 5 nitrogen and oxygen atoms in total. The molecule has 0 radical (unpaired) electrons. The van der Waals surface area contributed by atoms with Crippen molar-refractivity contribution >= 4 is 17.2 Å². The van der Waals surface area contributed by atoms with Gasteiger partial charge >= 0.3 is 0 Å². The Balaban J connectivity index is 1.79. The first-order valence-electron chi connectivity index (χ1n) is 6.12. The zero-order chi connectivity index (χ0) is 13.4. The molecule has 0 aromatic carbocycles. The molecule has 1 atom stereocenters. The summed E-state index contributed by atoms with van der Waals surface area (Å²) in [5, 5.41) is 12.3. The number of thiazole rings is 1. The van der Waals surface area contributed by atoms with E-state index in [1.165, 1.54) is 6.26 Å². The van der Waals surface area contributed by atoms with Crippen LogP contribution in [0.3, 0.4) is 0 Å². The smallest absolute Gasteiger partial charge is 0.257 e. The molecule has 2 aromatic heterocycles. The van der Waals surface area contributed by atoms with Crippen LogP contribution in [0.4, 0.5) is 0 Å². The van der Waals surface area contributed by atoms with Crippen molar-refractivity contribution in [2.24, 2.45) is 0 Å². The summed E-state index contributed by atoms with van der Waals surface area (Å²) in [7, 11) is 0. The minimum Gasteiger partial charge on any atom is -0.462 e. The minimum absolute atomic E-state index is 0.0986. The highest BCUT2D eigenvalue weighted by Crippen LogP contribution is 2.25. The number of aliphatic hydroxyl groups excluding tert-OH is 1. The molecule has 0 bridgehead atoms. The van der Waals surface area contributed by atoms with Crippen LogP contribution in [0.2, 0.25) is 0 Å². The third kappa shape index (κ3) is 2.41. The summed E-state index contributed by atoms with van der Waals surface area (Å²) in [6, 6.07) is 1.71. The lowest BCUT2D eigenvalue weighted by molar-refractivity contribution is 0.0764. The van der Waals surface area contributed by atoms with E-state index in [9.17, 15) is 9.90 Å². The molecule has 1 aliphatic rings. The summed E-state index contributed by atoms with van der Waals surface area (Å²) in [6.07, 6.45) is 1.69. The Hall–Kier alpha value is -1.66. The largest absolute Gasteiger partial charge is 0.462 e. The number of carbonyl (C=O) groups is 1. The van der Waals surface area contributed by atoms with Crippen LogP contribution in [0.5, 0.6) is 0 Å². The Morgan fingerprint density at radius 1 is 1.63 bits per heavy atom. The van der Waals surface area contributed by atoms with Crippen molar-refractivity contribution in [2.75, 3.05) is 13.1 Å². The lowest BCUT2D eigenvalue weighted by Crippen LogP contribution is -2.29. The number of rotatable bonds is 2. The fraction of sp³-hybridized carbons (Fsp3) is 0.385. The highest BCUT2D eigenvalue weighted by atomic mass is 32.1. The summed E-state index contributed by atoms with van der Waals surface area (Å²) in [5.41, 5.74) is 1.26. The molecule has 2 aromatic rings. The van der Waals surface area contributed by atoms with Crippen LogP contribution in [0.25, 0.3) is 11.5 Å². The molecule has 0 spiro atoms. The number of furan rings is 1. The standard InChI is InChI=1S/C13H14N2O3S/c1-8-14-11(7-19-8)12-4-9(6-18-12)13(17)15-3-2-10(16)5-15/h4,6-7,10,16H,2-3,5H2,1H3/t10-/m1/s1. The van der Waals surface area contributed by atoms with Crippen molar-refractivity contribution in [1.82, 2.24) is 9.88 Å². The van der Waals surface area contributed by atoms with Crippen LogP contribution in [-0.4, -0.2) is 40.1 Å². The van der Waals surface area contributed by atoms with E-state index >= 15 is 0 Å². The third-order valence-electron chi connectivity index (χ3n) is 3.17. The molecule has 1 fully saturated rings. The number of aromatic nitrogens is 1. The monoisotopic (exact) mass is 278 g/mol. The molecule has 1 saturated heterocycles. The Kier molecular flexibility index (Phi) is 3.12. The van der Waals surface area contributed by atoms with E-state index < -0.39 is 6.10 Å². The fourth-order valence-corrected chi connectivity index (χ4v) is 2.77. The Morgan fingerprint density at radius 2 is 2.47 bits per heavy atom. The maximum Gasteiger partial charge on any atom is 0.257 e. The van der Waals surface area contributed by atoms with Gasteiger partial charge in [0.15, 0.2) is 5.76 Å². The Morgan fingerprint density at radius 3 is 3.11 bits per heavy atom. The molecule has 1 amide bonds. The summed E-state index contributed by atoms with van der Waals surface area (Å²) in [5.74, 6) is 0.506. The zero-order valence-corrected chi connectivity index (χ0v) is 11.3. The van der Waals surface area contributed by atoms with E-state index in [4.69, 9.17) is 4.42 Å². The lowest BCUT2D eigenvalue weighted by atomic mass is 10.2. The van der Waals surface area contributed by atoms with Gasteiger partial charge in [-0.25, -0.2) is 4.98 Å². The normalized spacial score (nSPS) is 19.1. The van der Waals surface area contributed by atoms with Crippen LogP contribution in [0, 0.1) is 6.92 Å². The highest BCUT2D eigenvalue weighted by molar-refractivity contribution is 7.09. The molecule has 19 heavy (non-hydrogen) atoms. The summed E-state index contributed by atoms with van der Waals surface area (Å²) in [4.78, 5) is 18.1. The van der Waals surface area contributed by atoms with Gasteiger partial charge in [-0.3, -0.25) is 4.79 Å². The minimum atomic E-state index is -0.406. The zero-order valence-electron chi connectivity index (χ0n) is 10.5. The van der Waals surface area contributed by atoms with E-state index in [-0.39, 0.29) is 5.91 Å². The highest BCUT2D eigenvalue weighted by Gasteiger charge is 2.26. The van der Waals surface area contributed by atoms with Gasteiger partial charge in [-0.05, 0) is 19.4 Å². The number of likely N-dealkylation sites (tertiary alicyclic amines) is 1. The lowest BCUT2D eigenvalue weighted by Gasteiger charge is -2.13. The van der Waals surface area contributed by atoms with Crippen molar-refractivity contribution in [3.05, 3.63) is 28.3 Å². The van der Waals surface area contributed by atoms with Crippen LogP contribution in [-0.2, 0) is 0 Å². The second-order valence-electron chi connectivity index (χ2n) is 4.65. The number of nitrogens with zero attached hydrogens (tertiary/aromatic N) is 2. The van der Waals surface area contributed by atoms with Crippen molar-refractivity contribution in [3.63, 3.8) is 0 Å². The van der Waals surface area contributed by atoms with Gasteiger partial charge in [0, 0.05) is 18.5 Å². The summed E-state index contributed by atoms with van der Waals surface area (Å²) < 4.78 is 5.41.